The van der Waals surface area contributed by atoms with Crippen molar-refractivity contribution in [3.05, 3.63) is 62.5 Å². The van der Waals surface area contributed by atoms with Crippen LogP contribution in [0.15, 0.2) is 35.1 Å². The van der Waals surface area contributed by atoms with Crippen molar-refractivity contribution in [2.45, 2.75) is 44.6 Å². The van der Waals surface area contributed by atoms with Gasteiger partial charge in [-0.15, -0.1) is 0 Å². The first kappa shape index (κ1) is 25.4. The van der Waals surface area contributed by atoms with Crippen LogP contribution in [0.1, 0.15) is 43.1 Å². The minimum atomic E-state index is -4.54. The molecule has 194 valence electrons. The smallest absolute Gasteiger partial charge is 0.417 e. The molecule has 0 spiro atoms. The first-order valence-electron chi connectivity index (χ1n) is 12.0. The Morgan fingerprint density at radius 1 is 1.27 bits per heavy atom. The van der Waals surface area contributed by atoms with Crippen molar-refractivity contribution >= 4 is 28.3 Å². The van der Waals surface area contributed by atoms with Crippen molar-refractivity contribution in [2.24, 2.45) is 7.05 Å². The normalized spacial score (nSPS) is 20.6. The van der Waals surface area contributed by atoms with Gasteiger partial charge in [-0.05, 0) is 43.2 Å². The average molecular weight is 532 g/mol. The zero-order chi connectivity index (χ0) is 26.6. The lowest BCUT2D eigenvalue weighted by Crippen LogP contribution is -2.61. The number of pyridine rings is 2. The Kier molecular flexibility index (Phi) is 6.32. The van der Waals surface area contributed by atoms with Crippen molar-refractivity contribution in [2.75, 3.05) is 24.6 Å². The van der Waals surface area contributed by atoms with Crippen LogP contribution in [-0.2, 0) is 13.2 Å². The van der Waals surface area contributed by atoms with Gasteiger partial charge < -0.3 is 14.2 Å². The maximum absolute atomic E-state index is 13.5. The van der Waals surface area contributed by atoms with Crippen LogP contribution in [0.2, 0.25) is 5.02 Å². The zero-order valence-electron chi connectivity index (χ0n) is 20.5. The van der Waals surface area contributed by atoms with Crippen LogP contribution in [0.25, 0.3) is 11.0 Å². The van der Waals surface area contributed by atoms with Crippen LogP contribution in [0.4, 0.5) is 18.9 Å². The molecule has 0 bridgehead atoms. The van der Waals surface area contributed by atoms with Crippen LogP contribution in [0, 0.1) is 11.3 Å². The molecule has 1 aromatic carbocycles. The third kappa shape index (κ3) is 4.20. The van der Waals surface area contributed by atoms with E-state index in [0.29, 0.717) is 41.8 Å². The van der Waals surface area contributed by atoms with Crippen LogP contribution < -0.4 is 15.2 Å². The minimum Gasteiger partial charge on any atom is -0.484 e. The van der Waals surface area contributed by atoms with Crippen LogP contribution in [-0.4, -0.2) is 46.2 Å². The highest BCUT2D eigenvalue weighted by Gasteiger charge is 2.42. The van der Waals surface area contributed by atoms with Crippen LogP contribution >= 0.6 is 11.6 Å². The molecule has 3 atom stereocenters. The molecule has 4 heterocycles. The van der Waals surface area contributed by atoms with Crippen molar-refractivity contribution in [3.8, 4) is 11.8 Å². The molecule has 2 aliphatic heterocycles. The monoisotopic (exact) mass is 531 g/mol. The van der Waals surface area contributed by atoms with Crippen molar-refractivity contribution in [1.29, 1.82) is 5.26 Å². The zero-order valence-corrected chi connectivity index (χ0v) is 21.3. The predicted molar refractivity (Wildman–Crippen MR) is 134 cm³/mol. The topological polar surface area (TPSA) is 74.4 Å². The molecule has 5 rings (SSSR count). The molecule has 2 aromatic heterocycles. The summed E-state index contributed by atoms with van der Waals surface area (Å²) in [4.78, 5) is 21.9. The molecular formula is C26H25ClF3N5O2. The average Bonchev–Trinajstić information content (AvgIpc) is 2.87. The molecule has 0 amide bonds. The third-order valence-electron chi connectivity index (χ3n) is 7.35. The Morgan fingerprint density at radius 2 is 2.03 bits per heavy atom. The van der Waals surface area contributed by atoms with Crippen LogP contribution in [0.3, 0.4) is 0 Å². The fraction of sp³-hybridized carbons (Fsp3) is 0.423. The Bertz CT molecular complexity index is 1480. The molecule has 3 aromatic rings. The van der Waals surface area contributed by atoms with E-state index in [-0.39, 0.29) is 46.8 Å². The van der Waals surface area contributed by atoms with Gasteiger partial charge in [0.2, 0.25) is 5.75 Å². The molecule has 1 fully saturated rings. The summed E-state index contributed by atoms with van der Waals surface area (Å²) in [5.41, 5.74) is 1.34. The Hall–Kier alpha value is -3.29. The lowest BCUT2D eigenvalue weighted by atomic mass is 9.95. The van der Waals surface area contributed by atoms with Gasteiger partial charge in [-0.3, -0.25) is 9.69 Å². The number of aromatic nitrogens is 2. The number of fused-ring (bicyclic) bond motifs is 5. The van der Waals surface area contributed by atoms with Crippen molar-refractivity contribution in [1.82, 2.24) is 14.5 Å². The van der Waals surface area contributed by atoms with E-state index in [2.05, 4.69) is 20.9 Å². The van der Waals surface area contributed by atoms with Gasteiger partial charge in [0, 0.05) is 32.2 Å². The fourth-order valence-electron chi connectivity index (χ4n) is 5.55. The van der Waals surface area contributed by atoms with Gasteiger partial charge in [0.25, 0.3) is 5.56 Å². The Labute approximate surface area is 216 Å². The Morgan fingerprint density at radius 3 is 2.70 bits per heavy atom. The molecule has 0 unspecified atom stereocenters. The quantitative estimate of drug-likeness (QED) is 0.478. The molecular weight excluding hydrogens is 507 g/mol. The van der Waals surface area contributed by atoms with Crippen molar-refractivity contribution < 1.29 is 17.9 Å². The predicted octanol–water partition coefficient (Wildman–Crippen LogP) is 4.90. The SMILES string of the molecule is CC[C@H](c1ccc(Cl)c(C(F)(F)F)c1)N1C[C@H]2COc3c(c4nc(C#N)ccc4n(C)c3=O)N2C[C@H]1C. The second kappa shape index (κ2) is 9.23. The largest absolute Gasteiger partial charge is 0.484 e. The number of aryl methyl sites for hydroxylation is 1. The van der Waals surface area contributed by atoms with Gasteiger partial charge in [-0.25, -0.2) is 4.98 Å². The van der Waals surface area contributed by atoms with E-state index in [1.165, 1.54) is 10.6 Å². The summed E-state index contributed by atoms with van der Waals surface area (Å²) in [6.07, 6.45) is -3.94. The highest BCUT2D eigenvalue weighted by atomic mass is 35.5. The van der Waals surface area contributed by atoms with Gasteiger partial charge in [0.15, 0.2) is 0 Å². The summed E-state index contributed by atoms with van der Waals surface area (Å²) in [5, 5.41) is 9.09. The number of anilines is 1. The Balaban J connectivity index is 1.54. The number of rotatable bonds is 3. The summed E-state index contributed by atoms with van der Waals surface area (Å²) in [7, 11) is 1.64. The fourth-order valence-corrected chi connectivity index (χ4v) is 5.77. The van der Waals surface area contributed by atoms with E-state index < -0.39 is 11.7 Å². The molecule has 2 aliphatic rings. The number of hydrogen-bond acceptors (Lipinski definition) is 6. The summed E-state index contributed by atoms with van der Waals surface area (Å²) in [6.45, 7) is 5.24. The molecule has 0 N–H and O–H groups in total. The minimum absolute atomic E-state index is 0.0598. The van der Waals surface area contributed by atoms with Crippen molar-refractivity contribution in [3.63, 3.8) is 0 Å². The molecule has 0 radical (unpaired) electrons. The van der Waals surface area contributed by atoms with E-state index in [1.54, 1.807) is 25.2 Å². The van der Waals surface area contributed by atoms with Gasteiger partial charge >= 0.3 is 6.18 Å². The first-order valence-corrected chi connectivity index (χ1v) is 12.4. The maximum Gasteiger partial charge on any atom is 0.417 e. The summed E-state index contributed by atoms with van der Waals surface area (Å²) < 4.78 is 48.1. The lowest BCUT2D eigenvalue weighted by molar-refractivity contribution is -0.137. The second-order valence-electron chi connectivity index (χ2n) is 9.54. The third-order valence-corrected chi connectivity index (χ3v) is 7.68. The van der Waals surface area contributed by atoms with Gasteiger partial charge in [-0.1, -0.05) is 24.6 Å². The van der Waals surface area contributed by atoms with Gasteiger partial charge in [0.1, 0.15) is 29.6 Å². The lowest BCUT2D eigenvalue weighted by Gasteiger charge is -2.51. The molecule has 1 saturated heterocycles. The second-order valence-corrected chi connectivity index (χ2v) is 9.95. The van der Waals surface area contributed by atoms with Gasteiger partial charge in [-0.2, -0.15) is 18.4 Å². The van der Waals surface area contributed by atoms with E-state index in [9.17, 15) is 23.2 Å². The molecule has 0 aliphatic carbocycles. The number of nitriles is 1. The highest BCUT2D eigenvalue weighted by molar-refractivity contribution is 6.31. The number of piperazine rings is 1. The molecule has 11 heteroatoms. The maximum atomic E-state index is 13.5. The standard InChI is InChI=1S/C26H25ClF3N5O2/c1-4-20(15-5-7-19(27)18(9-15)26(28,29)30)34-12-17-13-37-24-23(35(17)11-14(34)2)22-21(33(3)25(24)36)8-6-16(10-31)32-22/h5-9,14,17,20H,4,11-13H2,1-3H3/t14-,17+,20-/m1/s1. The van der Waals surface area contributed by atoms with Gasteiger partial charge in [0.05, 0.1) is 22.1 Å². The number of hydrogen-bond donors (Lipinski definition) is 0. The van der Waals surface area contributed by atoms with E-state index >= 15 is 0 Å². The molecule has 7 nitrogen and oxygen atoms in total. The van der Waals surface area contributed by atoms with E-state index in [4.69, 9.17) is 16.3 Å². The number of alkyl halides is 3. The summed E-state index contributed by atoms with van der Waals surface area (Å²) >= 11 is 5.87. The molecule has 37 heavy (non-hydrogen) atoms. The van der Waals surface area contributed by atoms with E-state index in [1.807, 2.05) is 13.8 Å². The van der Waals surface area contributed by atoms with E-state index in [0.717, 1.165) is 6.07 Å². The number of halogens is 4. The number of ether oxygens (including phenoxy) is 1. The first-order chi connectivity index (χ1) is 17.5. The summed E-state index contributed by atoms with van der Waals surface area (Å²) in [5.74, 6) is 0.203. The molecule has 0 saturated carbocycles. The highest BCUT2D eigenvalue weighted by Crippen LogP contribution is 2.42. The summed E-state index contributed by atoms with van der Waals surface area (Å²) in [6, 6.07) is 8.96. The number of benzene rings is 1. The number of nitrogens with zero attached hydrogens (tertiary/aromatic N) is 5. The van der Waals surface area contributed by atoms with Crippen LogP contribution in [0.5, 0.6) is 5.75 Å².